The van der Waals surface area contributed by atoms with Crippen molar-refractivity contribution in [3.63, 3.8) is 0 Å². The molecule has 2 heterocycles. The van der Waals surface area contributed by atoms with E-state index in [-0.39, 0.29) is 0 Å². The van der Waals surface area contributed by atoms with Crippen molar-refractivity contribution in [2.45, 2.75) is 6.92 Å². The molecule has 0 saturated heterocycles. The molecule has 5 heteroatoms. The van der Waals surface area contributed by atoms with Crippen LogP contribution in [0.3, 0.4) is 0 Å². The highest BCUT2D eigenvalue weighted by atomic mass is 16.5. The number of fused-ring (bicyclic) bond motifs is 1. The van der Waals surface area contributed by atoms with Crippen LogP contribution in [0.5, 0.6) is 5.75 Å². The van der Waals surface area contributed by atoms with E-state index in [0.29, 0.717) is 6.61 Å². The zero-order valence-electron chi connectivity index (χ0n) is 10.5. The summed E-state index contributed by atoms with van der Waals surface area (Å²) in [6.07, 6.45) is 8.56. The maximum absolute atomic E-state index is 7.48. The molecule has 0 aliphatic heterocycles. The topological polar surface area (TPSA) is 62.4 Å². The van der Waals surface area contributed by atoms with Gasteiger partial charge in [-0.3, -0.25) is 0 Å². The molecule has 2 aromatic rings. The molecule has 0 amide bonds. The van der Waals surface area contributed by atoms with E-state index in [1.807, 2.05) is 29.8 Å². The van der Waals surface area contributed by atoms with E-state index in [1.165, 1.54) is 6.21 Å². The monoisotopic (exact) mass is 244 g/mol. The van der Waals surface area contributed by atoms with Gasteiger partial charge in [-0.25, -0.2) is 4.98 Å². The average molecular weight is 244 g/mol. The van der Waals surface area contributed by atoms with E-state index < -0.39 is 0 Å². The molecule has 5 nitrogen and oxygen atoms in total. The minimum Gasteiger partial charge on any atom is -0.492 e. The predicted molar refractivity (Wildman–Crippen MR) is 72.2 cm³/mol. The fourth-order valence-electron chi connectivity index (χ4n) is 1.79. The molecule has 94 valence electrons. The fourth-order valence-corrected chi connectivity index (χ4v) is 1.79. The van der Waals surface area contributed by atoms with E-state index in [2.05, 4.69) is 10.3 Å². The summed E-state index contributed by atoms with van der Waals surface area (Å²) in [7, 11) is 1.80. The summed E-state index contributed by atoms with van der Waals surface area (Å²) in [4.78, 5) is 4.24. The second-order valence-electron chi connectivity index (χ2n) is 3.71. The first kappa shape index (κ1) is 12.2. The van der Waals surface area contributed by atoms with Crippen LogP contribution in [0, 0.1) is 5.41 Å². The third kappa shape index (κ3) is 2.20. The van der Waals surface area contributed by atoms with Gasteiger partial charge in [0.1, 0.15) is 11.4 Å². The second-order valence-corrected chi connectivity index (χ2v) is 3.71. The molecule has 0 atom stereocenters. The first-order valence-electron chi connectivity index (χ1n) is 5.78. The van der Waals surface area contributed by atoms with Crippen LogP contribution in [0.4, 0.5) is 0 Å². The SMILES string of the molecule is CCOc1cn2ccnc2cc1/C(C=N)=C/NC. The zero-order chi connectivity index (χ0) is 13.0. The smallest absolute Gasteiger partial charge is 0.143 e. The van der Waals surface area contributed by atoms with E-state index in [0.717, 1.165) is 22.5 Å². The molecule has 2 N–H and O–H groups in total. The van der Waals surface area contributed by atoms with Crippen molar-refractivity contribution < 1.29 is 4.74 Å². The number of imidazole rings is 1. The lowest BCUT2D eigenvalue weighted by Gasteiger charge is -2.11. The van der Waals surface area contributed by atoms with Crippen LogP contribution in [0.25, 0.3) is 11.2 Å². The number of nitrogens with one attached hydrogen (secondary N) is 2. The van der Waals surface area contributed by atoms with Gasteiger partial charge in [-0.1, -0.05) is 0 Å². The minimum atomic E-state index is 0.581. The summed E-state index contributed by atoms with van der Waals surface area (Å²) in [5.74, 6) is 0.744. The van der Waals surface area contributed by atoms with Crippen molar-refractivity contribution in [3.8, 4) is 5.75 Å². The minimum absolute atomic E-state index is 0.581. The fraction of sp³-hybridized carbons (Fsp3) is 0.231. The van der Waals surface area contributed by atoms with Crippen molar-refractivity contribution in [1.29, 1.82) is 5.41 Å². The van der Waals surface area contributed by atoms with Gasteiger partial charge >= 0.3 is 0 Å². The van der Waals surface area contributed by atoms with Gasteiger partial charge in [0.2, 0.25) is 0 Å². The molecule has 2 aromatic heterocycles. The Balaban J connectivity index is 2.60. The van der Waals surface area contributed by atoms with Crippen molar-refractivity contribution in [2.24, 2.45) is 0 Å². The highest BCUT2D eigenvalue weighted by molar-refractivity contribution is 6.09. The van der Waals surface area contributed by atoms with Crippen LogP contribution >= 0.6 is 0 Å². The molecule has 0 spiro atoms. The van der Waals surface area contributed by atoms with Crippen LogP contribution in [-0.4, -0.2) is 29.3 Å². The van der Waals surface area contributed by atoms with Crippen LogP contribution < -0.4 is 10.1 Å². The Morgan fingerprint density at radius 2 is 2.44 bits per heavy atom. The van der Waals surface area contributed by atoms with Gasteiger partial charge in [0.25, 0.3) is 0 Å². The van der Waals surface area contributed by atoms with Crippen LogP contribution in [-0.2, 0) is 0 Å². The molecule has 0 aromatic carbocycles. The molecule has 18 heavy (non-hydrogen) atoms. The number of pyridine rings is 1. The maximum Gasteiger partial charge on any atom is 0.143 e. The number of hydrogen-bond acceptors (Lipinski definition) is 4. The molecule has 0 aliphatic carbocycles. The number of rotatable bonds is 5. The van der Waals surface area contributed by atoms with Crippen molar-refractivity contribution in [3.05, 3.63) is 36.4 Å². The lowest BCUT2D eigenvalue weighted by Crippen LogP contribution is -2.02. The Kier molecular flexibility index (Phi) is 3.62. The third-order valence-electron chi connectivity index (χ3n) is 2.56. The Labute approximate surface area is 106 Å². The molecule has 0 aliphatic rings. The molecule has 0 fully saturated rings. The normalized spacial score (nSPS) is 11.6. The molecule has 0 unspecified atom stereocenters. The molecular weight excluding hydrogens is 228 g/mol. The summed E-state index contributed by atoms with van der Waals surface area (Å²) in [5, 5.41) is 10.4. The molecule has 0 saturated carbocycles. The van der Waals surface area contributed by atoms with Crippen molar-refractivity contribution in [1.82, 2.24) is 14.7 Å². The van der Waals surface area contributed by atoms with Gasteiger partial charge in [0, 0.05) is 43.0 Å². The highest BCUT2D eigenvalue weighted by Crippen LogP contribution is 2.26. The van der Waals surface area contributed by atoms with Gasteiger partial charge in [-0.15, -0.1) is 0 Å². The Hall–Kier alpha value is -2.30. The number of aromatic nitrogens is 2. The second kappa shape index (κ2) is 5.35. The number of nitrogens with zero attached hydrogens (tertiary/aromatic N) is 2. The number of ether oxygens (including phenoxy) is 1. The lowest BCUT2D eigenvalue weighted by atomic mass is 10.1. The summed E-state index contributed by atoms with van der Waals surface area (Å²) < 4.78 is 7.52. The lowest BCUT2D eigenvalue weighted by molar-refractivity contribution is 0.337. The van der Waals surface area contributed by atoms with E-state index in [1.54, 1.807) is 19.4 Å². The van der Waals surface area contributed by atoms with Gasteiger partial charge in [-0.05, 0) is 13.0 Å². The Bertz CT molecular complexity index is 586. The van der Waals surface area contributed by atoms with E-state index in [9.17, 15) is 0 Å². The zero-order valence-corrected chi connectivity index (χ0v) is 10.5. The maximum atomic E-state index is 7.48. The van der Waals surface area contributed by atoms with Crippen LogP contribution in [0.15, 0.2) is 30.9 Å². The summed E-state index contributed by atoms with van der Waals surface area (Å²) >= 11 is 0. The van der Waals surface area contributed by atoms with Gasteiger partial charge in [-0.2, -0.15) is 0 Å². The van der Waals surface area contributed by atoms with Gasteiger partial charge in [0.15, 0.2) is 0 Å². The summed E-state index contributed by atoms with van der Waals surface area (Å²) in [6, 6.07) is 1.92. The predicted octanol–water partition coefficient (Wildman–Crippen LogP) is 1.94. The van der Waals surface area contributed by atoms with E-state index in [4.69, 9.17) is 10.1 Å². The summed E-state index contributed by atoms with van der Waals surface area (Å²) in [5.41, 5.74) is 2.45. The third-order valence-corrected chi connectivity index (χ3v) is 2.56. The molecule has 0 bridgehead atoms. The first-order valence-corrected chi connectivity index (χ1v) is 5.78. The molecular formula is C13H16N4O. The number of hydrogen-bond donors (Lipinski definition) is 2. The number of allylic oxidation sites excluding steroid dienone is 1. The molecule has 2 rings (SSSR count). The first-order chi connectivity index (χ1) is 8.80. The Morgan fingerprint density at radius 1 is 1.61 bits per heavy atom. The van der Waals surface area contributed by atoms with Crippen molar-refractivity contribution in [2.75, 3.05) is 13.7 Å². The largest absolute Gasteiger partial charge is 0.492 e. The van der Waals surface area contributed by atoms with Gasteiger partial charge in [0.05, 0.1) is 12.8 Å². The molecule has 0 radical (unpaired) electrons. The van der Waals surface area contributed by atoms with Crippen LogP contribution in [0.1, 0.15) is 12.5 Å². The van der Waals surface area contributed by atoms with E-state index >= 15 is 0 Å². The van der Waals surface area contributed by atoms with Gasteiger partial charge < -0.3 is 19.9 Å². The highest BCUT2D eigenvalue weighted by Gasteiger charge is 2.10. The summed E-state index contributed by atoms with van der Waals surface area (Å²) in [6.45, 7) is 2.52. The van der Waals surface area contributed by atoms with Crippen LogP contribution in [0.2, 0.25) is 0 Å². The average Bonchev–Trinajstić information content (AvgIpc) is 2.82. The van der Waals surface area contributed by atoms with Crippen molar-refractivity contribution >= 4 is 17.4 Å². The Morgan fingerprint density at radius 3 is 3.11 bits per heavy atom. The quantitative estimate of drug-likeness (QED) is 0.790. The standard InChI is InChI=1S/C13H16N4O/c1-3-18-12-9-17-5-4-16-13(17)6-11(12)10(7-14)8-15-2/h4-9,14-15H,3H2,1-2H3/b10-8+,14-7?.